The molecule has 26 heavy (non-hydrogen) atoms. The zero-order chi connectivity index (χ0) is 20.3. The molecule has 12 heteroatoms. The summed E-state index contributed by atoms with van der Waals surface area (Å²) in [5.41, 5.74) is 15.8. The van der Waals surface area contributed by atoms with E-state index in [1.807, 2.05) is 0 Å². The van der Waals surface area contributed by atoms with Gasteiger partial charge < -0.3 is 38.0 Å². The van der Waals surface area contributed by atoms with Gasteiger partial charge in [-0.2, -0.15) is 0 Å². The highest BCUT2D eigenvalue weighted by molar-refractivity contribution is 5.94. The largest absolute Gasteiger partial charge is 0.481 e. The lowest BCUT2D eigenvalue weighted by molar-refractivity contribution is -0.147. The average Bonchev–Trinajstić information content (AvgIpc) is 2.51. The third-order valence-electron chi connectivity index (χ3n) is 3.33. The Morgan fingerprint density at radius 1 is 0.885 bits per heavy atom. The molecule has 0 spiro atoms. The zero-order valence-electron chi connectivity index (χ0n) is 14.1. The standard InChI is InChI=1S/C14H25N5O7/c15-4-2-1-3-8(18-12(23)7(16)5-10(17)20)13(24)19-9(14(25)26)6-11(21)22/h7-9H,1-6,15-16H2,(H2,17,20)(H,18,23)(H,19,24)(H,21,22)(H,25,26). The maximum atomic E-state index is 12.3. The molecule has 3 amide bonds. The minimum absolute atomic E-state index is 0.122. The van der Waals surface area contributed by atoms with E-state index in [0.29, 0.717) is 19.4 Å². The number of carbonyl (C=O) groups is 5. The lowest BCUT2D eigenvalue weighted by Gasteiger charge is -2.22. The Bertz CT molecular complexity index is 540. The summed E-state index contributed by atoms with van der Waals surface area (Å²) in [6.45, 7) is 0.347. The van der Waals surface area contributed by atoms with E-state index in [4.69, 9.17) is 27.4 Å². The Morgan fingerprint density at radius 2 is 1.46 bits per heavy atom. The lowest BCUT2D eigenvalue weighted by Crippen LogP contribution is -2.55. The Morgan fingerprint density at radius 3 is 1.92 bits per heavy atom. The Labute approximate surface area is 149 Å². The highest BCUT2D eigenvalue weighted by Crippen LogP contribution is 2.04. The van der Waals surface area contributed by atoms with Crippen LogP contribution in [0.2, 0.25) is 0 Å². The van der Waals surface area contributed by atoms with Gasteiger partial charge in [0.15, 0.2) is 0 Å². The predicted octanol–water partition coefficient (Wildman–Crippen LogP) is -3.15. The molecule has 0 bridgehead atoms. The molecule has 0 aromatic rings. The summed E-state index contributed by atoms with van der Waals surface area (Å²) in [6, 6.07) is -4.09. The number of carboxylic acids is 2. The van der Waals surface area contributed by atoms with Crippen molar-refractivity contribution in [2.24, 2.45) is 17.2 Å². The molecule has 0 radical (unpaired) electrons. The van der Waals surface area contributed by atoms with Crippen LogP contribution in [-0.2, 0) is 24.0 Å². The summed E-state index contributed by atoms with van der Waals surface area (Å²) >= 11 is 0. The molecule has 0 heterocycles. The molecule has 0 aromatic carbocycles. The fraction of sp³-hybridized carbons (Fsp3) is 0.643. The molecule has 0 aliphatic carbocycles. The first-order valence-electron chi connectivity index (χ1n) is 7.87. The van der Waals surface area contributed by atoms with Crippen LogP contribution in [0.25, 0.3) is 0 Å². The van der Waals surface area contributed by atoms with E-state index in [-0.39, 0.29) is 6.42 Å². The predicted molar refractivity (Wildman–Crippen MR) is 88.4 cm³/mol. The third kappa shape index (κ3) is 9.54. The number of carbonyl (C=O) groups excluding carboxylic acids is 3. The van der Waals surface area contributed by atoms with Gasteiger partial charge in [-0.05, 0) is 25.8 Å². The van der Waals surface area contributed by atoms with Gasteiger partial charge in [0.2, 0.25) is 17.7 Å². The first-order chi connectivity index (χ1) is 12.1. The molecule has 0 aromatic heterocycles. The van der Waals surface area contributed by atoms with Crippen LogP contribution < -0.4 is 27.8 Å². The van der Waals surface area contributed by atoms with E-state index in [1.54, 1.807) is 0 Å². The molecule has 3 unspecified atom stereocenters. The molecule has 0 fully saturated rings. The van der Waals surface area contributed by atoms with Crippen molar-refractivity contribution in [3.8, 4) is 0 Å². The number of hydrogen-bond donors (Lipinski definition) is 7. The summed E-state index contributed by atoms with van der Waals surface area (Å²) in [7, 11) is 0. The minimum atomic E-state index is -1.66. The smallest absolute Gasteiger partial charge is 0.326 e. The summed E-state index contributed by atoms with van der Waals surface area (Å²) < 4.78 is 0. The van der Waals surface area contributed by atoms with Gasteiger partial charge in [0.05, 0.1) is 18.9 Å². The molecule has 0 aliphatic rings. The van der Waals surface area contributed by atoms with E-state index in [0.717, 1.165) is 0 Å². The number of hydrogen-bond acceptors (Lipinski definition) is 7. The normalized spacial score (nSPS) is 13.9. The van der Waals surface area contributed by atoms with E-state index in [9.17, 15) is 24.0 Å². The van der Waals surface area contributed by atoms with Crippen LogP contribution in [0.3, 0.4) is 0 Å². The van der Waals surface area contributed by atoms with E-state index in [1.165, 1.54) is 0 Å². The number of unbranched alkanes of at least 4 members (excludes halogenated alkanes) is 1. The van der Waals surface area contributed by atoms with Gasteiger partial charge in [-0.25, -0.2) is 4.79 Å². The van der Waals surface area contributed by atoms with Gasteiger partial charge in [-0.15, -0.1) is 0 Å². The number of nitrogens with one attached hydrogen (secondary N) is 2. The second kappa shape index (κ2) is 11.8. The Kier molecular flexibility index (Phi) is 10.5. The zero-order valence-corrected chi connectivity index (χ0v) is 14.1. The van der Waals surface area contributed by atoms with Crippen molar-refractivity contribution in [1.82, 2.24) is 10.6 Å². The highest BCUT2D eigenvalue weighted by Gasteiger charge is 2.29. The average molecular weight is 375 g/mol. The molecule has 10 N–H and O–H groups in total. The molecular formula is C14H25N5O7. The molecule has 0 aliphatic heterocycles. The summed E-state index contributed by atoms with van der Waals surface area (Å²) in [6.07, 6.45) is -0.149. The van der Waals surface area contributed by atoms with E-state index >= 15 is 0 Å². The topological polar surface area (TPSA) is 228 Å². The molecule has 0 saturated carbocycles. The van der Waals surface area contributed by atoms with Crippen LogP contribution in [0.4, 0.5) is 0 Å². The fourth-order valence-electron chi connectivity index (χ4n) is 2.00. The Balaban J connectivity index is 5.05. The van der Waals surface area contributed by atoms with Gasteiger partial charge in [0, 0.05) is 0 Å². The third-order valence-corrected chi connectivity index (χ3v) is 3.33. The first-order valence-corrected chi connectivity index (χ1v) is 7.87. The van der Waals surface area contributed by atoms with Gasteiger partial charge >= 0.3 is 11.9 Å². The van der Waals surface area contributed by atoms with Crippen molar-refractivity contribution >= 4 is 29.7 Å². The van der Waals surface area contributed by atoms with Crippen LogP contribution in [0.15, 0.2) is 0 Å². The van der Waals surface area contributed by atoms with Crippen molar-refractivity contribution < 1.29 is 34.2 Å². The monoisotopic (exact) mass is 375 g/mol. The molecule has 3 atom stereocenters. The number of aliphatic carboxylic acids is 2. The van der Waals surface area contributed by atoms with Crippen LogP contribution >= 0.6 is 0 Å². The number of amides is 3. The number of primary amides is 1. The second-order valence-electron chi connectivity index (χ2n) is 5.62. The van der Waals surface area contributed by atoms with Gasteiger partial charge in [0.25, 0.3) is 0 Å². The van der Waals surface area contributed by atoms with Gasteiger partial charge in [0.1, 0.15) is 12.1 Å². The van der Waals surface area contributed by atoms with Crippen molar-refractivity contribution in [2.75, 3.05) is 6.54 Å². The van der Waals surface area contributed by atoms with Crippen LogP contribution in [-0.4, -0.2) is 64.5 Å². The van der Waals surface area contributed by atoms with E-state index in [2.05, 4.69) is 10.6 Å². The van der Waals surface area contributed by atoms with Crippen molar-refractivity contribution in [2.45, 2.75) is 50.2 Å². The molecule has 0 saturated heterocycles. The molecule has 12 nitrogen and oxygen atoms in total. The van der Waals surface area contributed by atoms with Crippen LogP contribution in [0.1, 0.15) is 32.1 Å². The number of nitrogens with two attached hydrogens (primary N) is 3. The van der Waals surface area contributed by atoms with E-state index < -0.39 is 60.6 Å². The summed E-state index contributed by atoms with van der Waals surface area (Å²) in [5, 5.41) is 22.1. The lowest BCUT2D eigenvalue weighted by atomic mass is 10.1. The quantitative estimate of drug-likeness (QED) is 0.161. The van der Waals surface area contributed by atoms with Gasteiger partial charge in [-0.3, -0.25) is 19.2 Å². The van der Waals surface area contributed by atoms with Gasteiger partial charge in [-0.1, -0.05) is 0 Å². The number of carboxylic acid groups (broad SMARTS) is 2. The number of rotatable bonds is 13. The molecular weight excluding hydrogens is 350 g/mol. The SMILES string of the molecule is NCCCCC(NC(=O)C(N)CC(N)=O)C(=O)NC(CC(=O)O)C(=O)O. The second-order valence-corrected chi connectivity index (χ2v) is 5.62. The van der Waals surface area contributed by atoms with Crippen molar-refractivity contribution in [3.63, 3.8) is 0 Å². The maximum Gasteiger partial charge on any atom is 0.326 e. The van der Waals surface area contributed by atoms with Crippen molar-refractivity contribution in [1.29, 1.82) is 0 Å². The summed E-state index contributed by atoms with van der Waals surface area (Å²) in [4.78, 5) is 56.8. The Hall–Kier alpha value is -2.73. The van der Waals surface area contributed by atoms with Crippen LogP contribution in [0.5, 0.6) is 0 Å². The van der Waals surface area contributed by atoms with Crippen molar-refractivity contribution in [3.05, 3.63) is 0 Å². The fourth-order valence-corrected chi connectivity index (χ4v) is 2.00. The van der Waals surface area contributed by atoms with Crippen LogP contribution in [0, 0.1) is 0 Å². The minimum Gasteiger partial charge on any atom is -0.481 e. The molecule has 148 valence electrons. The highest BCUT2D eigenvalue weighted by atomic mass is 16.4. The summed E-state index contributed by atoms with van der Waals surface area (Å²) in [5.74, 6) is -5.44. The molecule has 0 rings (SSSR count). The first kappa shape index (κ1) is 23.3. The maximum absolute atomic E-state index is 12.3.